The van der Waals surface area contributed by atoms with Crippen LogP contribution in [0.4, 0.5) is 5.69 Å². The molecule has 2 N–H and O–H groups in total. The molecule has 0 aliphatic carbocycles. The van der Waals surface area contributed by atoms with Crippen molar-refractivity contribution in [1.82, 2.24) is 4.98 Å². The summed E-state index contributed by atoms with van der Waals surface area (Å²) in [4.78, 5) is 4.33. The lowest BCUT2D eigenvalue weighted by Crippen LogP contribution is -2.00. The van der Waals surface area contributed by atoms with E-state index in [4.69, 9.17) is 5.73 Å². The van der Waals surface area contributed by atoms with Gasteiger partial charge in [-0.15, -0.1) is 0 Å². The van der Waals surface area contributed by atoms with Crippen LogP contribution in [0.1, 0.15) is 23.9 Å². The monoisotopic (exact) mass is 150 g/mol. The Kier molecular flexibility index (Phi) is 2.13. The van der Waals surface area contributed by atoms with Crippen molar-refractivity contribution in [1.29, 1.82) is 0 Å². The number of rotatable bonds is 1. The van der Waals surface area contributed by atoms with E-state index in [0.29, 0.717) is 0 Å². The van der Waals surface area contributed by atoms with Gasteiger partial charge in [0, 0.05) is 5.69 Å². The molecule has 0 saturated heterocycles. The molecule has 0 fully saturated rings. The van der Waals surface area contributed by atoms with Crippen LogP contribution in [0.3, 0.4) is 0 Å². The minimum absolute atomic E-state index is 0.845. The number of nitrogens with zero attached hydrogens (tertiary/aromatic N) is 1. The number of hydrogen-bond donors (Lipinski definition) is 1. The maximum absolute atomic E-state index is 5.80. The molecule has 1 heterocycles. The van der Waals surface area contributed by atoms with Crippen LogP contribution in [0.2, 0.25) is 0 Å². The zero-order valence-electron chi connectivity index (χ0n) is 7.31. The Labute approximate surface area is 67.5 Å². The summed E-state index contributed by atoms with van der Waals surface area (Å²) in [5, 5.41) is 0. The molecule has 60 valence electrons. The molecule has 11 heavy (non-hydrogen) atoms. The molecule has 0 aliphatic rings. The van der Waals surface area contributed by atoms with Crippen LogP contribution < -0.4 is 5.73 Å². The minimum Gasteiger partial charge on any atom is -0.397 e. The lowest BCUT2D eigenvalue weighted by molar-refractivity contribution is 1.00. The van der Waals surface area contributed by atoms with E-state index in [-0.39, 0.29) is 0 Å². The molecular weight excluding hydrogens is 136 g/mol. The Bertz CT molecular complexity index is 267. The third kappa shape index (κ3) is 1.50. The fraction of sp³-hybridized carbons (Fsp3) is 0.444. The van der Waals surface area contributed by atoms with E-state index >= 15 is 0 Å². The minimum atomic E-state index is 0.845. The maximum Gasteiger partial charge on any atom is 0.0635 e. The average molecular weight is 150 g/mol. The first-order chi connectivity index (χ1) is 5.15. The summed E-state index contributed by atoms with van der Waals surface area (Å²) in [5.74, 6) is 0. The van der Waals surface area contributed by atoms with Crippen molar-refractivity contribution in [2.75, 3.05) is 5.73 Å². The number of anilines is 1. The zero-order chi connectivity index (χ0) is 8.43. The second-order valence-corrected chi connectivity index (χ2v) is 2.79. The van der Waals surface area contributed by atoms with Gasteiger partial charge in [-0.05, 0) is 31.9 Å². The summed E-state index contributed by atoms with van der Waals surface area (Å²) in [6, 6.07) is 2.01. The lowest BCUT2D eigenvalue weighted by Gasteiger charge is -2.06. The van der Waals surface area contributed by atoms with Gasteiger partial charge in [-0.3, -0.25) is 4.98 Å². The van der Waals surface area contributed by atoms with E-state index in [1.54, 1.807) is 0 Å². The van der Waals surface area contributed by atoms with E-state index in [0.717, 1.165) is 29.1 Å². The van der Waals surface area contributed by atoms with Crippen LogP contribution in [-0.4, -0.2) is 4.98 Å². The standard InChI is InChI=1S/C9H14N2/c1-4-8-9(10)6(2)5-7(3)11-8/h5H,4,10H2,1-3H3. The topological polar surface area (TPSA) is 38.9 Å². The summed E-state index contributed by atoms with van der Waals surface area (Å²) >= 11 is 0. The summed E-state index contributed by atoms with van der Waals surface area (Å²) in [5.41, 5.74) is 9.84. The fourth-order valence-electron chi connectivity index (χ4n) is 1.19. The first-order valence-electron chi connectivity index (χ1n) is 3.87. The zero-order valence-corrected chi connectivity index (χ0v) is 7.31. The van der Waals surface area contributed by atoms with Gasteiger partial charge in [0.2, 0.25) is 0 Å². The van der Waals surface area contributed by atoms with Crippen LogP contribution in [0.15, 0.2) is 6.07 Å². The second-order valence-electron chi connectivity index (χ2n) is 2.79. The Morgan fingerprint density at radius 2 is 2.09 bits per heavy atom. The van der Waals surface area contributed by atoms with Crippen LogP contribution in [-0.2, 0) is 6.42 Å². The van der Waals surface area contributed by atoms with Gasteiger partial charge >= 0.3 is 0 Å². The highest BCUT2D eigenvalue weighted by molar-refractivity contribution is 5.50. The van der Waals surface area contributed by atoms with Gasteiger partial charge in [-0.1, -0.05) is 6.92 Å². The Hall–Kier alpha value is -1.05. The molecule has 0 amide bonds. The van der Waals surface area contributed by atoms with Crippen molar-refractivity contribution < 1.29 is 0 Å². The first kappa shape index (κ1) is 8.05. The predicted octanol–water partition coefficient (Wildman–Crippen LogP) is 1.84. The molecular formula is C9H14N2. The molecule has 0 radical (unpaired) electrons. The number of nitrogens with two attached hydrogens (primary N) is 1. The van der Waals surface area contributed by atoms with E-state index in [2.05, 4.69) is 11.9 Å². The molecule has 1 rings (SSSR count). The van der Waals surface area contributed by atoms with E-state index in [1.165, 1.54) is 0 Å². The van der Waals surface area contributed by atoms with Gasteiger partial charge < -0.3 is 5.73 Å². The highest BCUT2D eigenvalue weighted by Crippen LogP contribution is 2.15. The van der Waals surface area contributed by atoms with Gasteiger partial charge in [0.05, 0.1) is 11.4 Å². The third-order valence-corrected chi connectivity index (χ3v) is 1.81. The molecule has 1 aromatic heterocycles. The highest BCUT2D eigenvalue weighted by atomic mass is 14.8. The molecule has 0 bridgehead atoms. The maximum atomic E-state index is 5.80. The van der Waals surface area contributed by atoms with Gasteiger partial charge in [-0.2, -0.15) is 0 Å². The summed E-state index contributed by atoms with van der Waals surface area (Å²) in [6.45, 7) is 6.08. The number of aromatic nitrogens is 1. The van der Waals surface area contributed by atoms with E-state index in [9.17, 15) is 0 Å². The molecule has 0 atom stereocenters. The average Bonchev–Trinajstić information content (AvgIpc) is 1.96. The van der Waals surface area contributed by atoms with E-state index < -0.39 is 0 Å². The number of aryl methyl sites for hydroxylation is 3. The van der Waals surface area contributed by atoms with Crippen LogP contribution in [0, 0.1) is 13.8 Å². The van der Waals surface area contributed by atoms with Gasteiger partial charge in [0.25, 0.3) is 0 Å². The third-order valence-electron chi connectivity index (χ3n) is 1.81. The summed E-state index contributed by atoms with van der Waals surface area (Å²) in [7, 11) is 0. The lowest BCUT2D eigenvalue weighted by atomic mass is 10.1. The van der Waals surface area contributed by atoms with Crippen molar-refractivity contribution in [3.63, 3.8) is 0 Å². The molecule has 0 aliphatic heterocycles. The van der Waals surface area contributed by atoms with Crippen LogP contribution >= 0.6 is 0 Å². The number of nitrogen functional groups attached to an aromatic ring is 1. The molecule has 0 spiro atoms. The van der Waals surface area contributed by atoms with Gasteiger partial charge in [0.1, 0.15) is 0 Å². The van der Waals surface area contributed by atoms with Crippen LogP contribution in [0.25, 0.3) is 0 Å². The Morgan fingerprint density at radius 3 is 2.64 bits per heavy atom. The fourth-order valence-corrected chi connectivity index (χ4v) is 1.19. The molecule has 1 aromatic rings. The second kappa shape index (κ2) is 2.91. The van der Waals surface area contributed by atoms with Crippen molar-refractivity contribution in [2.45, 2.75) is 27.2 Å². The normalized spacial score (nSPS) is 10.1. The van der Waals surface area contributed by atoms with Crippen molar-refractivity contribution in [2.24, 2.45) is 0 Å². The largest absolute Gasteiger partial charge is 0.397 e. The number of pyridine rings is 1. The van der Waals surface area contributed by atoms with Crippen LogP contribution in [0.5, 0.6) is 0 Å². The molecule has 0 aromatic carbocycles. The van der Waals surface area contributed by atoms with Gasteiger partial charge in [-0.25, -0.2) is 0 Å². The first-order valence-corrected chi connectivity index (χ1v) is 3.87. The van der Waals surface area contributed by atoms with Crippen molar-refractivity contribution >= 4 is 5.69 Å². The highest BCUT2D eigenvalue weighted by Gasteiger charge is 2.01. The number of hydrogen-bond acceptors (Lipinski definition) is 2. The SMILES string of the molecule is CCc1nc(C)cc(C)c1N. The smallest absolute Gasteiger partial charge is 0.0635 e. The van der Waals surface area contributed by atoms with Gasteiger partial charge in [0.15, 0.2) is 0 Å². The Morgan fingerprint density at radius 1 is 1.45 bits per heavy atom. The summed E-state index contributed by atoms with van der Waals surface area (Å²) in [6.07, 6.45) is 0.911. The quantitative estimate of drug-likeness (QED) is 0.663. The molecule has 2 heteroatoms. The Balaban J connectivity index is 3.24. The van der Waals surface area contributed by atoms with Crippen molar-refractivity contribution in [3.8, 4) is 0 Å². The van der Waals surface area contributed by atoms with E-state index in [1.807, 2.05) is 19.9 Å². The van der Waals surface area contributed by atoms with Crippen molar-refractivity contribution in [3.05, 3.63) is 23.0 Å². The molecule has 0 unspecified atom stereocenters. The summed E-state index contributed by atoms with van der Waals surface area (Å²) < 4.78 is 0. The predicted molar refractivity (Wildman–Crippen MR) is 47.5 cm³/mol. The molecule has 2 nitrogen and oxygen atoms in total. The molecule has 0 saturated carbocycles.